The summed E-state index contributed by atoms with van der Waals surface area (Å²) in [5.74, 6) is -2.73. The lowest BCUT2D eigenvalue weighted by atomic mass is 9.77. The van der Waals surface area contributed by atoms with Crippen LogP contribution in [0.15, 0.2) is 60.7 Å². The number of aromatic nitrogens is 2. The highest BCUT2D eigenvalue weighted by Crippen LogP contribution is 2.45. The summed E-state index contributed by atoms with van der Waals surface area (Å²) in [6.07, 6.45) is 7.76. The third-order valence-corrected chi connectivity index (χ3v) is 17.6. The zero-order valence-corrected chi connectivity index (χ0v) is 58.1. The molecule has 4 atom stereocenters. The lowest BCUT2D eigenvalue weighted by Gasteiger charge is -2.41. The number of hydrogen-bond donors (Lipinski definition) is 1. The van der Waals surface area contributed by atoms with Crippen LogP contribution in [-0.2, 0) is 66.7 Å². The van der Waals surface area contributed by atoms with Crippen LogP contribution in [0.2, 0.25) is 25.7 Å². The molecule has 2 aromatic carbocycles. The number of benzene rings is 2. The standard InChI is InChI=1S/C39H57FN2O6Si.C33H45FN2O4/c1-25(2)34-30(18-17-28-21-29(47-39(8,9)46-28)22-32(43)48-37(3,4)5)33(26-13-15-27(40)16-14-26)31-23-42(24-38(6,7)35(31)41-34)36(44)45-19-20-49(10,11)12;1-20(2)29-25(15-14-23-16-24(39-33(8,9)38-23)17-27(37)40-31(3,4)5)28(21-10-12-22(34)13-11-21)26-18-35-19-32(6,7)30(26)36-29/h13-18,25,28-29H,19-24H2,1-12H3;10-15,20,23-24,35H,16-19H2,1-9H3/b18-17+;15-14+/t28-,29-;23-,24-/m11/s1. The van der Waals surface area contributed by atoms with Gasteiger partial charge in [0.15, 0.2) is 11.6 Å². The molecule has 0 aliphatic carbocycles. The van der Waals surface area contributed by atoms with Crippen molar-refractivity contribution in [2.75, 3.05) is 19.7 Å². The van der Waals surface area contributed by atoms with Gasteiger partial charge in [-0.3, -0.25) is 19.6 Å². The van der Waals surface area contributed by atoms with Gasteiger partial charge < -0.3 is 43.4 Å². The number of fused-ring (bicyclic) bond motifs is 2. The minimum atomic E-state index is -1.38. The van der Waals surface area contributed by atoms with Crippen molar-refractivity contribution in [2.24, 2.45) is 0 Å². The van der Waals surface area contributed by atoms with Crippen molar-refractivity contribution in [1.82, 2.24) is 20.2 Å². The normalized spacial score (nSPS) is 21.5. The number of nitrogens with zero attached hydrogens (tertiary/aromatic N) is 3. The molecule has 0 unspecified atom stereocenters. The van der Waals surface area contributed by atoms with Crippen LogP contribution in [0.3, 0.4) is 0 Å². The number of ether oxygens (including phenoxy) is 7. The Kier molecular flexibility index (Phi) is 22.0. The second-order valence-electron chi connectivity index (χ2n) is 30.6. The van der Waals surface area contributed by atoms with E-state index in [-0.39, 0.29) is 78.1 Å². The van der Waals surface area contributed by atoms with E-state index in [0.717, 1.165) is 79.9 Å². The maximum Gasteiger partial charge on any atom is 0.410 e. The maximum absolute atomic E-state index is 14.3. The molecule has 2 fully saturated rings. The molecule has 8 rings (SSSR count). The summed E-state index contributed by atoms with van der Waals surface area (Å²) in [6.45, 7) is 45.2. The van der Waals surface area contributed by atoms with Gasteiger partial charge in [-0.2, -0.15) is 0 Å². The van der Waals surface area contributed by atoms with Crippen molar-refractivity contribution in [3.63, 3.8) is 0 Å². The third-order valence-electron chi connectivity index (χ3n) is 15.9. The molecule has 4 aromatic rings. The lowest BCUT2D eigenvalue weighted by Crippen LogP contribution is -2.46. The monoisotopic (exact) mass is 1250 g/mol. The van der Waals surface area contributed by atoms with Gasteiger partial charge in [-0.25, -0.2) is 13.6 Å². The largest absolute Gasteiger partial charge is 0.460 e. The molecule has 14 nitrogen and oxygen atoms in total. The number of esters is 2. The molecule has 4 aliphatic heterocycles. The van der Waals surface area contributed by atoms with Crippen molar-refractivity contribution in [3.05, 3.63) is 117 Å². The topological polar surface area (TPSA) is 157 Å². The van der Waals surface area contributed by atoms with E-state index >= 15 is 0 Å². The predicted octanol–water partition coefficient (Wildman–Crippen LogP) is 16.3. The van der Waals surface area contributed by atoms with Gasteiger partial charge >= 0.3 is 18.0 Å². The van der Waals surface area contributed by atoms with Crippen molar-refractivity contribution in [3.8, 4) is 22.3 Å². The van der Waals surface area contributed by atoms with Gasteiger partial charge in [0.25, 0.3) is 0 Å². The minimum absolute atomic E-state index is 0.0662. The van der Waals surface area contributed by atoms with E-state index in [2.05, 4.69) is 92.5 Å². The van der Waals surface area contributed by atoms with E-state index in [1.807, 2.05) is 93.5 Å². The molecule has 0 spiro atoms. The molecule has 0 radical (unpaired) electrons. The molecule has 6 heterocycles. The summed E-state index contributed by atoms with van der Waals surface area (Å²) in [6, 6.07) is 14.1. The van der Waals surface area contributed by atoms with Crippen LogP contribution in [-0.4, -0.2) is 108 Å². The number of carbonyl (C=O) groups excluding carboxylic acids is 3. The van der Waals surface area contributed by atoms with Crippen LogP contribution in [0, 0.1) is 11.6 Å². The summed E-state index contributed by atoms with van der Waals surface area (Å²) in [5.41, 5.74) is 9.92. The fraction of sp³-hybridized carbons (Fsp3) is 0.597. The number of carbonyl (C=O) groups is 3. The highest BCUT2D eigenvalue weighted by Gasteiger charge is 2.42. The Morgan fingerprint density at radius 1 is 0.652 bits per heavy atom. The first kappa shape index (κ1) is 70.8. The van der Waals surface area contributed by atoms with E-state index in [1.54, 1.807) is 17.0 Å². The van der Waals surface area contributed by atoms with Gasteiger partial charge in [0.1, 0.15) is 22.8 Å². The molecule has 2 saturated heterocycles. The van der Waals surface area contributed by atoms with Gasteiger partial charge in [0, 0.05) is 68.1 Å². The van der Waals surface area contributed by atoms with Crippen molar-refractivity contribution in [1.29, 1.82) is 0 Å². The zero-order chi connectivity index (χ0) is 66.0. The van der Waals surface area contributed by atoms with Crippen molar-refractivity contribution >= 4 is 38.3 Å². The molecule has 488 valence electrons. The van der Waals surface area contributed by atoms with Crippen LogP contribution in [0.5, 0.6) is 0 Å². The Hall–Kier alpha value is -5.69. The van der Waals surface area contributed by atoms with E-state index in [1.165, 1.54) is 24.3 Å². The van der Waals surface area contributed by atoms with Crippen LogP contribution < -0.4 is 5.32 Å². The van der Waals surface area contributed by atoms with Gasteiger partial charge in [-0.15, -0.1) is 0 Å². The molecule has 1 N–H and O–H groups in total. The molecular formula is C72H102F2N4O10Si. The third kappa shape index (κ3) is 19.4. The Labute approximate surface area is 530 Å². The number of pyridine rings is 2. The Morgan fingerprint density at radius 2 is 1.07 bits per heavy atom. The number of hydrogen-bond acceptors (Lipinski definition) is 13. The molecule has 17 heteroatoms. The second kappa shape index (κ2) is 27.6. The molecule has 4 aliphatic rings. The zero-order valence-electron chi connectivity index (χ0n) is 57.1. The highest BCUT2D eigenvalue weighted by molar-refractivity contribution is 6.76. The second-order valence-corrected chi connectivity index (χ2v) is 36.2. The fourth-order valence-corrected chi connectivity index (χ4v) is 13.0. The number of rotatable bonds is 15. The van der Waals surface area contributed by atoms with Crippen molar-refractivity contribution in [2.45, 2.75) is 259 Å². The number of halogens is 2. The van der Waals surface area contributed by atoms with E-state index < -0.39 is 42.4 Å². The quantitative estimate of drug-likeness (QED) is 0.0682. The molecule has 2 aromatic heterocycles. The maximum atomic E-state index is 14.3. The van der Waals surface area contributed by atoms with Crippen LogP contribution in [0.25, 0.3) is 34.4 Å². The fourth-order valence-electron chi connectivity index (χ4n) is 12.2. The number of amides is 1. The lowest BCUT2D eigenvalue weighted by molar-refractivity contribution is -0.291. The van der Waals surface area contributed by atoms with Gasteiger partial charge in [-0.1, -0.05) is 124 Å². The van der Waals surface area contributed by atoms with Crippen LogP contribution >= 0.6 is 0 Å². The van der Waals surface area contributed by atoms with E-state index in [4.69, 9.17) is 43.1 Å². The average molecular weight is 1250 g/mol. The van der Waals surface area contributed by atoms with Gasteiger partial charge in [0.05, 0.1) is 73.2 Å². The van der Waals surface area contributed by atoms with Crippen LogP contribution in [0.4, 0.5) is 13.6 Å². The minimum Gasteiger partial charge on any atom is -0.460 e. The Balaban J connectivity index is 0.000000259. The Morgan fingerprint density at radius 3 is 1.47 bits per heavy atom. The number of nitrogens with one attached hydrogen (secondary N) is 1. The molecule has 0 saturated carbocycles. The van der Waals surface area contributed by atoms with Crippen LogP contribution in [0.1, 0.15) is 207 Å². The summed E-state index contributed by atoms with van der Waals surface area (Å²) >= 11 is 0. The van der Waals surface area contributed by atoms with Gasteiger partial charge in [0.2, 0.25) is 0 Å². The first-order valence-corrected chi connectivity index (χ1v) is 35.6. The van der Waals surface area contributed by atoms with Gasteiger partial charge in [-0.05, 0) is 139 Å². The first-order chi connectivity index (χ1) is 41.1. The predicted molar refractivity (Wildman–Crippen MR) is 351 cm³/mol. The SMILES string of the molecule is CC(C)c1nc2c(c(-c3ccc(F)cc3)c1/C=C/[C@@H]1C[C@H](CC(=O)OC(C)(C)C)OC(C)(C)O1)CN(C(=O)OCC[Si](C)(C)C)CC2(C)C.CC(C)c1nc2c(c(-c3ccc(F)cc3)c1/C=C/[C@@H]1C[C@H](CC(=O)OC(C)(C)C)OC(C)(C)O1)CNCC2(C)C. The highest BCUT2D eigenvalue weighted by atomic mass is 28.3. The summed E-state index contributed by atoms with van der Waals surface area (Å²) in [4.78, 5) is 51.1. The molecule has 1 amide bonds. The summed E-state index contributed by atoms with van der Waals surface area (Å²) < 4.78 is 70.0. The summed E-state index contributed by atoms with van der Waals surface area (Å²) in [5, 5.41) is 3.56. The Bertz CT molecular complexity index is 3220. The van der Waals surface area contributed by atoms with Crippen molar-refractivity contribution < 1.29 is 56.3 Å². The molecule has 0 bridgehead atoms. The molecule has 89 heavy (non-hydrogen) atoms. The first-order valence-electron chi connectivity index (χ1n) is 31.9. The van der Waals surface area contributed by atoms with E-state index in [0.29, 0.717) is 39.1 Å². The molecular weight excluding hydrogens is 1150 g/mol. The summed E-state index contributed by atoms with van der Waals surface area (Å²) in [7, 11) is -1.38. The van der Waals surface area contributed by atoms with E-state index in [9.17, 15) is 23.2 Å². The smallest absolute Gasteiger partial charge is 0.410 e. The average Bonchev–Trinajstić information content (AvgIpc) is 0.822.